The molecule has 1 aliphatic rings. The number of methoxy groups -OCH3 is 1. The lowest BCUT2D eigenvalue weighted by Gasteiger charge is -2.47. The molecule has 2 aromatic carbocycles. The molecule has 0 aromatic heterocycles. The van der Waals surface area contributed by atoms with E-state index in [9.17, 15) is 29.2 Å². The Morgan fingerprint density at radius 3 is 2.38 bits per heavy atom. The molecule has 32 heavy (non-hydrogen) atoms. The second-order valence-corrected chi connectivity index (χ2v) is 7.87. The van der Waals surface area contributed by atoms with Crippen molar-refractivity contribution in [2.75, 3.05) is 20.3 Å². The van der Waals surface area contributed by atoms with Crippen LogP contribution >= 0.6 is 11.6 Å². The number of aliphatic hydroxyl groups excluding tert-OH is 4. The Labute approximate surface area is 188 Å². The fourth-order valence-electron chi connectivity index (χ4n) is 3.68. The van der Waals surface area contributed by atoms with Gasteiger partial charge >= 0.3 is 0 Å². The van der Waals surface area contributed by atoms with Crippen LogP contribution in [0.5, 0.6) is 5.75 Å². The zero-order valence-electron chi connectivity index (χ0n) is 17.2. The van der Waals surface area contributed by atoms with E-state index in [1.54, 1.807) is 42.5 Å². The van der Waals surface area contributed by atoms with E-state index >= 15 is 0 Å². The maximum Gasteiger partial charge on any atom is 0.272 e. The Balaban J connectivity index is 1.87. The number of hydrogen-bond acceptors (Lipinski definition) is 7. The van der Waals surface area contributed by atoms with Crippen LogP contribution in [0.15, 0.2) is 42.5 Å². The summed E-state index contributed by atoms with van der Waals surface area (Å²) >= 11 is 6.35. The maximum atomic E-state index is 12.3. The van der Waals surface area contributed by atoms with Crippen LogP contribution in [0, 0.1) is 0 Å². The number of ether oxygens (including phenoxy) is 3. The van der Waals surface area contributed by atoms with E-state index in [0.717, 1.165) is 5.56 Å². The minimum absolute atomic E-state index is 0.313. The second kappa shape index (κ2) is 10.4. The lowest BCUT2D eigenvalue weighted by atomic mass is 9.87. The summed E-state index contributed by atoms with van der Waals surface area (Å²) in [6, 6.07) is 11.3. The number of benzene rings is 2. The maximum absolute atomic E-state index is 12.3. The lowest BCUT2D eigenvalue weighted by Crippen LogP contribution is -2.64. The summed E-state index contributed by atoms with van der Waals surface area (Å²) < 4.78 is 40.7. The van der Waals surface area contributed by atoms with Gasteiger partial charge in [-0.3, -0.25) is 0 Å². The minimum Gasteiger partial charge on any atom is -0.488 e. The van der Waals surface area contributed by atoms with E-state index in [-0.39, 0.29) is 0 Å². The molecule has 7 nitrogen and oxygen atoms in total. The monoisotopic (exact) mass is 474 g/mol. The molecular weight excluding hydrogens is 450 g/mol. The Hall–Kier alpha value is -1.85. The molecule has 0 saturated carbocycles. The van der Waals surface area contributed by atoms with Crippen LogP contribution in [0.4, 0.5) is 8.78 Å². The third-order valence-corrected chi connectivity index (χ3v) is 5.76. The van der Waals surface area contributed by atoms with Gasteiger partial charge in [0.2, 0.25) is 5.79 Å². The molecule has 0 aliphatic carbocycles. The highest BCUT2D eigenvalue weighted by atomic mass is 35.5. The highest BCUT2D eigenvalue weighted by Gasteiger charge is 2.55. The molecule has 0 amide bonds. The van der Waals surface area contributed by atoms with Gasteiger partial charge in [0.05, 0.1) is 6.61 Å². The Kier molecular flexibility index (Phi) is 8.05. The van der Waals surface area contributed by atoms with Gasteiger partial charge in [0, 0.05) is 17.7 Å². The van der Waals surface area contributed by atoms with E-state index in [0.29, 0.717) is 28.3 Å². The molecule has 5 atom stereocenters. The zero-order valence-corrected chi connectivity index (χ0v) is 18.0. The highest BCUT2D eigenvalue weighted by molar-refractivity contribution is 6.31. The number of hydrogen-bond donors (Lipinski definition) is 4. The molecule has 4 N–H and O–H groups in total. The predicted octanol–water partition coefficient (Wildman–Crippen LogP) is 1.85. The van der Waals surface area contributed by atoms with Crippen LogP contribution in [0.2, 0.25) is 5.02 Å². The summed E-state index contributed by atoms with van der Waals surface area (Å²) in [4.78, 5) is 0. The first kappa shape index (κ1) is 24.8. The van der Waals surface area contributed by atoms with E-state index < -0.39 is 49.8 Å². The summed E-state index contributed by atoms with van der Waals surface area (Å²) in [7, 11) is 1.27. The summed E-state index contributed by atoms with van der Waals surface area (Å²) in [5, 5.41) is 40.9. The molecule has 0 radical (unpaired) electrons. The molecule has 1 fully saturated rings. The molecule has 0 spiro atoms. The SMILES string of the molecule is COC1(c2ccc(Cl)c(Cc3ccc(OCC(F)F)cc3)c2)OC(CO)C(O)C(O)C1O. The number of alkyl halides is 2. The van der Waals surface area contributed by atoms with Crippen LogP contribution in [0.1, 0.15) is 16.7 Å². The van der Waals surface area contributed by atoms with Crippen molar-refractivity contribution in [2.24, 2.45) is 0 Å². The first-order valence-electron chi connectivity index (χ1n) is 9.88. The van der Waals surface area contributed by atoms with Gasteiger partial charge in [0.1, 0.15) is 36.8 Å². The third kappa shape index (κ3) is 5.04. The van der Waals surface area contributed by atoms with Gasteiger partial charge in [0.15, 0.2) is 0 Å². The van der Waals surface area contributed by atoms with Crippen molar-refractivity contribution in [3.63, 3.8) is 0 Å². The topological polar surface area (TPSA) is 109 Å². The van der Waals surface area contributed by atoms with Crippen molar-refractivity contribution in [1.82, 2.24) is 0 Å². The van der Waals surface area contributed by atoms with Gasteiger partial charge in [-0.25, -0.2) is 8.78 Å². The smallest absolute Gasteiger partial charge is 0.272 e. The van der Waals surface area contributed by atoms with Crippen molar-refractivity contribution in [3.8, 4) is 5.75 Å². The van der Waals surface area contributed by atoms with Crippen LogP contribution in [0.25, 0.3) is 0 Å². The molecule has 3 rings (SSSR count). The summed E-state index contributed by atoms with van der Waals surface area (Å²) in [5.74, 6) is -1.54. The summed E-state index contributed by atoms with van der Waals surface area (Å²) in [5.41, 5.74) is 1.78. The fraction of sp³-hybridized carbons (Fsp3) is 0.455. The first-order chi connectivity index (χ1) is 15.2. The van der Waals surface area contributed by atoms with E-state index in [1.807, 2.05) is 0 Å². The molecule has 2 aromatic rings. The molecule has 0 bridgehead atoms. The van der Waals surface area contributed by atoms with Gasteiger partial charge in [-0.15, -0.1) is 0 Å². The average molecular weight is 475 g/mol. The highest BCUT2D eigenvalue weighted by Crippen LogP contribution is 2.40. The van der Waals surface area contributed by atoms with E-state index in [1.165, 1.54) is 7.11 Å². The summed E-state index contributed by atoms with van der Waals surface area (Å²) in [6.07, 6.45) is -8.17. The van der Waals surface area contributed by atoms with Crippen LogP contribution in [-0.4, -0.2) is 71.6 Å². The van der Waals surface area contributed by atoms with E-state index in [2.05, 4.69) is 0 Å². The first-order valence-corrected chi connectivity index (χ1v) is 10.3. The van der Waals surface area contributed by atoms with Crippen molar-refractivity contribution in [1.29, 1.82) is 0 Å². The van der Waals surface area contributed by atoms with Gasteiger partial charge < -0.3 is 34.6 Å². The minimum atomic E-state index is -2.56. The largest absolute Gasteiger partial charge is 0.488 e. The predicted molar refractivity (Wildman–Crippen MR) is 111 cm³/mol. The Morgan fingerprint density at radius 1 is 1.09 bits per heavy atom. The van der Waals surface area contributed by atoms with Gasteiger partial charge in [-0.2, -0.15) is 0 Å². The molecular formula is C22H25ClF2O7. The standard InChI is InChI=1S/C22H25ClF2O7/c1-30-22(21(29)20(28)19(27)17(10-26)32-22)14-4-7-16(23)13(9-14)8-12-2-5-15(6-3-12)31-11-18(24)25/h2-7,9,17-21,26-29H,8,10-11H2,1H3. The molecule has 5 unspecified atom stereocenters. The normalized spacial score (nSPS) is 28.2. The van der Waals surface area contributed by atoms with Gasteiger partial charge in [-0.1, -0.05) is 29.8 Å². The number of rotatable bonds is 8. The molecule has 1 heterocycles. The zero-order chi connectivity index (χ0) is 23.5. The van der Waals surface area contributed by atoms with Crippen LogP contribution in [-0.2, 0) is 21.7 Å². The van der Waals surface area contributed by atoms with Gasteiger partial charge in [0.25, 0.3) is 6.43 Å². The molecule has 1 saturated heterocycles. The van der Waals surface area contributed by atoms with E-state index in [4.69, 9.17) is 25.8 Å². The van der Waals surface area contributed by atoms with Crippen LogP contribution in [0.3, 0.4) is 0 Å². The number of halogens is 3. The average Bonchev–Trinajstić information content (AvgIpc) is 2.79. The molecule has 10 heteroatoms. The molecule has 176 valence electrons. The van der Waals surface area contributed by atoms with Crippen LogP contribution < -0.4 is 4.74 Å². The molecule has 1 aliphatic heterocycles. The number of aliphatic hydroxyl groups is 4. The fourth-order valence-corrected chi connectivity index (χ4v) is 3.86. The van der Waals surface area contributed by atoms with Crippen molar-refractivity contribution >= 4 is 11.6 Å². The Morgan fingerprint density at radius 2 is 1.78 bits per heavy atom. The lowest BCUT2D eigenvalue weighted by molar-refractivity contribution is -0.366. The Bertz CT molecular complexity index is 896. The van der Waals surface area contributed by atoms with Crippen molar-refractivity contribution < 1.29 is 43.4 Å². The van der Waals surface area contributed by atoms with Crippen molar-refractivity contribution in [2.45, 2.75) is 43.0 Å². The van der Waals surface area contributed by atoms with Crippen molar-refractivity contribution in [3.05, 3.63) is 64.2 Å². The second-order valence-electron chi connectivity index (χ2n) is 7.47. The van der Waals surface area contributed by atoms with Gasteiger partial charge in [-0.05, 0) is 41.8 Å². The summed E-state index contributed by atoms with van der Waals surface area (Å²) in [6.45, 7) is -1.29. The quantitative estimate of drug-likeness (QED) is 0.462. The third-order valence-electron chi connectivity index (χ3n) is 5.40.